The van der Waals surface area contributed by atoms with Crippen molar-refractivity contribution in [2.75, 3.05) is 0 Å². The third kappa shape index (κ3) is 3.71. The Morgan fingerprint density at radius 1 is 0.583 bits per heavy atom. The van der Waals surface area contributed by atoms with E-state index in [1.165, 1.54) is 0 Å². The van der Waals surface area contributed by atoms with Gasteiger partial charge in [0.25, 0.3) is 11.6 Å². The zero-order chi connectivity index (χ0) is 17.7. The Bertz CT molecular complexity index is 695. The van der Waals surface area contributed by atoms with Crippen LogP contribution in [0.1, 0.15) is 36.8 Å². The highest BCUT2D eigenvalue weighted by Gasteiger charge is 2.34. The van der Waals surface area contributed by atoms with Crippen LogP contribution in [0.5, 0.6) is 0 Å². The fourth-order valence-corrected chi connectivity index (χ4v) is 2.40. The van der Waals surface area contributed by atoms with E-state index in [0.29, 0.717) is 11.1 Å². The quantitative estimate of drug-likeness (QED) is 0.580. The van der Waals surface area contributed by atoms with Crippen molar-refractivity contribution in [1.82, 2.24) is 0 Å². The Labute approximate surface area is 140 Å². The minimum Gasteiger partial charge on any atom is -0.290 e. The molecule has 2 rings (SSSR count). The average Bonchev–Trinajstić information content (AvgIpc) is 2.65. The monoisotopic (exact) mass is 322 g/mol. The summed E-state index contributed by atoms with van der Waals surface area (Å²) >= 11 is 0. The van der Waals surface area contributed by atoms with Crippen LogP contribution < -0.4 is 0 Å². The van der Waals surface area contributed by atoms with Gasteiger partial charge in [0.1, 0.15) is 0 Å². The molecule has 0 heterocycles. The predicted octanol–water partition coefficient (Wildman–Crippen LogP) is 2.87. The van der Waals surface area contributed by atoms with Crippen molar-refractivity contribution >= 4 is 23.1 Å². The SMILES string of the molecule is CC(C(=O)C(=O)C(=O)C(=O)C(C)c1ccccc1)c1ccccc1. The number of ketones is 4. The second-order valence-electron chi connectivity index (χ2n) is 5.65. The molecule has 2 unspecified atom stereocenters. The Morgan fingerprint density at radius 2 is 0.875 bits per heavy atom. The first-order valence-corrected chi connectivity index (χ1v) is 7.70. The van der Waals surface area contributed by atoms with Crippen LogP contribution in [0.4, 0.5) is 0 Å². The van der Waals surface area contributed by atoms with Gasteiger partial charge in [0.15, 0.2) is 0 Å². The lowest BCUT2D eigenvalue weighted by atomic mass is 9.88. The number of hydrogen-bond acceptors (Lipinski definition) is 4. The highest BCUT2D eigenvalue weighted by Crippen LogP contribution is 2.19. The minimum absolute atomic E-state index is 0.632. The molecule has 0 saturated heterocycles. The van der Waals surface area contributed by atoms with Crippen molar-refractivity contribution in [2.24, 2.45) is 0 Å². The van der Waals surface area contributed by atoms with Gasteiger partial charge in [0, 0.05) is 11.8 Å². The van der Waals surface area contributed by atoms with E-state index in [-0.39, 0.29) is 0 Å². The maximum atomic E-state index is 12.2. The van der Waals surface area contributed by atoms with Crippen LogP contribution in [0.3, 0.4) is 0 Å². The number of rotatable bonds is 7. The van der Waals surface area contributed by atoms with Gasteiger partial charge in [-0.3, -0.25) is 19.2 Å². The van der Waals surface area contributed by atoms with Gasteiger partial charge in [0.2, 0.25) is 11.6 Å². The van der Waals surface area contributed by atoms with Gasteiger partial charge in [-0.1, -0.05) is 74.5 Å². The van der Waals surface area contributed by atoms with Crippen LogP contribution in [-0.2, 0) is 19.2 Å². The summed E-state index contributed by atoms with van der Waals surface area (Å²) in [6.45, 7) is 3.10. The Hall–Kier alpha value is -2.88. The molecule has 0 aliphatic carbocycles. The van der Waals surface area contributed by atoms with Crippen LogP contribution in [0.2, 0.25) is 0 Å². The molecular formula is C20H18O4. The number of benzene rings is 2. The molecule has 0 radical (unpaired) electrons. The molecule has 0 aromatic heterocycles. The summed E-state index contributed by atoms with van der Waals surface area (Å²) in [5.41, 5.74) is 1.26. The van der Waals surface area contributed by atoms with Crippen molar-refractivity contribution in [1.29, 1.82) is 0 Å². The van der Waals surface area contributed by atoms with Gasteiger partial charge in [-0.2, -0.15) is 0 Å². The minimum atomic E-state index is -1.25. The average molecular weight is 322 g/mol. The summed E-state index contributed by atoms with van der Waals surface area (Å²) in [4.78, 5) is 48.7. The summed E-state index contributed by atoms with van der Waals surface area (Å²) in [6.07, 6.45) is 0. The first kappa shape index (κ1) is 17.5. The number of Topliss-reactive ketones (excluding diaryl/α,β-unsaturated/α-hetero) is 4. The van der Waals surface area contributed by atoms with Gasteiger partial charge in [-0.15, -0.1) is 0 Å². The number of carbonyl (C=O) groups excluding carboxylic acids is 4. The summed E-state index contributed by atoms with van der Waals surface area (Å²) in [6, 6.07) is 17.4. The molecule has 4 heteroatoms. The molecule has 24 heavy (non-hydrogen) atoms. The maximum Gasteiger partial charge on any atom is 0.272 e. The van der Waals surface area contributed by atoms with E-state index in [2.05, 4.69) is 0 Å². The van der Waals surface area contributed by atoms with Gasteiger partial charge >= 0.3 is 0 Å². The lowest BCUT2D eigenvalue weighted by Gasteiger charge is -2.11. The van der Waals surface area contributed by atoms with Crippen molar-refractivity contribution < 1.29 is 19.2 Å². The van der Waals surface area contributed by atoms with E-state index < -0.39 is 35.0 Å². The smallest absolute Gasteiger partial charge is 0.272 e. The van der Waals surface area contributed by atoms with Crippen LogP contribution in [0.25, 0.3) is 0 Å². The summed E-state index contributed by atoms with van der Waals surface area (Å²) in [5.74, 6) is -5.75. The highest BCUT2D eigenvalue weighted by molar-refractivity contribution is 6.79. The molecule has 2 aromatic rings. The molecule has 0 fully saturated rings. The van der Waals surface area contributed by atoms with Gasteiger partial charge in [-0.25, -0.2) is 0 Å². The molecule has 0 N–H and O–H groups in total. The second kappa shape index (κ2) is 7.59. The molecule has 0 spiro atoms. The zero-order valence-corrected chi connectivity index (χ0v) is 13.6. The zero-order valence-electron chi connectivity index (χ0n) is 13.6. The van der Waals surface area contributed by atoms with Crippen molar-refractivity contribution in [3.8, 4) is 0 Å². The van der Waals surface area contributed by atoms with Crippen LogP contribution in [0.15, 0.2) is 60.7 Å². The summed E-state index contributed by atoms with van der Waals surface area (Å²) in [7, 11) is 0. The van der Waals surface area contributed by atoms with Gasteiger partial charge in [-0.05, 0) is 11.1 Å². The lowest BCUT2D eigenvalue weighted by molar-refractivity contribution is -0.149. The first-order valence-electron chi connectivity index (χ1n) is 7.70. The van der Waals surface area contributed by atoms with E-state index in [9.17, 15) is 19.2 Å². The van der Waals surface area contributed by atoms with Crippen LogP contribution in [-0.4, -0.2) is 23.1 Å². The maximum absolute atomic E-state index is 12.2. The lowest BCUT2D eigenvalue weighted by Crippen LogP contribution is -2.35. The summed E-state index contributed by atoms with van der Waals surface area (Å²) in [5, 5.41) is 0. The fraction of sp³-hybridized carbons (Fsp3) is 0.200. The molecule has 122 valence electrons. The third-order valence-electron chi connectivity index (χ3n) is 4.04. The van der Waals surface area contributed by atoms with E-state index >= 15 is 0 Å². The molecule has 0 saturated carbocycles. The molecule has 0 amide bonds. The van der Waals surface area contributed by atoms with Gasteiger partial charge < -0.3 is 0 Å². The standard InChI is InChI=1S/C20H18O4/c1-13(15-9-5-3-6-10-15)17(21)19(23)20(24)18(22)14(2)16-11-7-4-8-12-16/h3-14H,1-2H3. The van der Waals surface area contributed by atoms with Crippen molar-refractivity contribution in [2.45, 2.75) is 25.7 Å². The van der Waals surface area contributed by atoms with Crippen molar-refractivity contribution in [3.05, 3.63) is 71.8 Å². The Balaban J connectivity index is 2.12. The Morgan fingerprint density at radius 3 is 1.17 bits per heavy atom. The Kier molecular flexibility index (Phi) is 5.53. The van der Waals surface area contributed by atoms with E-state index in [4.69, 9.17) is 0 Å². The molecule has 4 nitrogen and oxygen atoms in total. The molecule has 0 bridgehead atoms. The number of hydrogen-bond donors (Lipinski definition) is 0. The topological polar surface area (TPSA) is 68.3 Å². The fourth-order valence-electron chi connectivity index (χ4n) is 2.40. The predicted molar refractivity (Wildman–Crippen MR) is 89.7 cm³/mol. The molecule has 2 aromatic carbocycles. The van der Waals surface area contributed by atoms with E-state index in [1.807, 2.05) is 0 Å². The second-order valence-corrected chi connectivity index (χ2v) is 5.65. The van der Waals surface area contributed by atoms with Crippen LogP contribution in [0, 0.1) is 0 Å². The van der Waals surface area contributed by atoms with E-state index in [0.717, 1.165) is 0 Å². The molecule has 0 aliphatic rings. The van der Waals surface area contributed by atoms with E-state index in [1.54, 1.807) is 74.5 Å². The van der Waals surface area contributed by atoms with Crippen LogP contribution >= 0.6 is 0 Å². The largest absolute Gasteiger partial charge is 0.290 e. The molecule has 2 atom stereocenters. The normalized spacial score (nSPS) is 12.9. The first-order chi connectivity index (χ1) is 11.4. The highest BCUT2D eigenvalue weighted by atomic mass is 16.2. The summed E-state index contributed by atoms with van der Waals surface area (Å²) < 4.78 is 0. The van der Waals surface area contributed by atoms with Gasteiger partial charge in [0.05, 0.1) is 0 Å². The van der Waals surface area contributed by atoms with Crippen molar-refractivity contribution in [3.63, 3.8) is 0 Å². The molecular weight excluding hydrogens is 304 g/mol. The number of carbonyl (C=O) groups is 4. The molecule has 0 aliphatic heterocycles. The third-order valence-corrected chi connectivity index (χ3v) is 4.04.